The normalized spacial score (nSPS) is 12.4. The number of hydrogen-bond acceptors (Lipinski definition) is 2. The van der Waals surface area contributed by atoms with Crippen LogP contribution in [0.25, 0.3) is 0 Å². The van der Waals surface area contributed by atoms with Gasteiger partial charge in [0, 0.05) is 21.3 Å². The van der Waals surface area contributed by atoms with Crippen LogP contribution in [-0.2, 0) is 0 Å². The molecule has 0 radical (unpaired) electrons. The molecule has 1 N–H and O–H groups in total. The number of halogens is 3. The van der Waals surface area contributed by atoms with E-state index in [1.807, 2.05) is 13.0 Å². The molecule has 0 fully saturated rings. The van der Waals surface area contributed by atoms with Crippen molar-refractivity contribution in [3.63, 3.8) is 0 Å². The highest BCUT2D eigenvalue weighted by Crippen LogP contribution is 2.31. The van der Waals surface area contributed by atoms with Crippen LogP contribution in [0.15, 0.2) is 41.1 Å². The van der Waals surface area contributed by atoms with Gasteiger partial charge in [0.05, 0.1) is 12.2 Å². The van der Waals surface area contributed by atoms with E-state index < -0.39 is 0 Å². The average molecular weight is 344 g/mol. The highest BCUT2D eigenvalue weighted by Gasteiger charge is 2.19. The van der Waals surface area contributed by atoms with Crippen molar-refractivity contribution in [2.45, 2.75) is 13.0 Å². The van der Waals surface area contributed by atoms with Crippen LogP contribution < -0.4 is 5.32 Å². The first-order chi connectivity index (χ1) is 9.13. The maximum atomic E-state index is 13.9. The van der Waals surface area contributed by atoms with Crippen LogP contribution >= 0.6 is 27.5 Å². The smallest absolute Gasteiger partial charge is 0.146 e. The van der Waals surface area contributed by atoms with Crippen molar-refractivity contribution >= 4 is 27.5 Å². The SMILES string of the molecule is CCNC(c1ccncc1F)c1ccc(Cl)cc1Br. The molecule has 0 aliphatic rings. The van der Waals surface area contributed by atoms with Gasteiger partial charge >= 0.3 is 0 Å². The zero-order chi connectivity index (χ0) is 13.8. The lowest BCUT2D eigenvalue weighted by Crippen LogP contribution is -2.23. The van der Waals surface area contributed by atoms with Crippen LogP contribution in [0.2, 0.25) is 5.02 Å². The molecule has 100 valence electrons. The number of rotatable bonds is 4. The molecule has 0 amide bonds. The van der Waals surface area contributed by atoms with E-state index in [1.54, 1.807) is 24.4 Å². The maximum Gasteiger partial charge on any atom is 0.146 e. The molecular weight excluding hydrogens is 331 g/mol. The number of nitrogens with one attached hydrogen (secondary N) is 1. The lowest BCUT2D eigenvalue weighted by molar-refractivity contribution is 0.554. The van der Waals surface area contributed by atoms with Gasteiger partial charge < -0.3 is 5.32 Å². The molecule has 19 heavy (non-hydrogen) atoms. The van der Waals surface area contributed by atoms with Gasteiger partial charge in [-0.3, -0.25) is 4.98 Å². The fourth-order valence-corrected chi connectivity index (χ4v) is 2.86. The first kappa shape index (κ1) is 14.4. The molecule has 0 bridgehead atoms. The van der Waals surface area contributed by atoms with Gasteiger partial charge in [-0.25, -0.2) is 4.39 Å². The molecular formula is C14H13BrClFN2. The Kier molecular flexibility index (Phi) is 4.91. The van der Waals surface area contributed by atoms with Crippen molar-refractivity contribution < 1.29 is 4.39 Å². The summed E-state index contributed by atoms with van der Waals surface area (Å²) < 4.78 is 14.8. The monoisotopic (exact) mass is 342 g/mol. The molecule has 1 aromatic carbocycles. The summed E-state index contributed by atoms with van der Waals surface area (Å²) in [7, 11) is 0. The minimum atomic E-state index is -0.324. The third-order valence-corrected chi connectivity index (χ3v) is 3.72. The zero-order valence-electron chi connectivity index (χ0n) is 10.3. The molecule has 1 aromatic heterocycles. The second kappa shape index (κ2) is 6.46. The van der Waals surface area contributed by atoms with Gasteiger partial charge in [0.2, 0.25) is 0 Å². The van der Waals surface area contributed by atoms with E-state index in [-0.39, 0.29) is 11.9 Å². The van der Waals surface area contributed by atoms with Crippen molar-refractivity contribution in [1.82, 2.24) is 10.3 Å². The van der Waals surface area contributed by atoms with Crippen LogP contribution in [0.4, 0.5) is 4.39 Å². The van der Waals surface area contributed by atoms with Crippen LogP contribution in [-0.4, -0.2) is 11.5 Å². The highest BCUT2D eigenvalue weighted by molar-refractivity contribution is 9.10. The molecule has 0 spiro atoms. The molecule has 2 nitrogen and oxygen atoms in total. The Bertz CT molecular complexity index is 577. The standard InChI is InChI=1S/C14H13BrClFN2/c1-2-19-14(11-5-6-18-8-13(11)17)10-4-3-9(16)7-12(10)15/h3-8,14,19H,2H2,1H3. The summed E-state index contributed by atoms with van der Waals surface area (Å²) in [5.74, 6) is -0.324. The first-order valence-electron chi connectivity index (χ1n) is 5.91. The molecule has 0 aliphatic carbocycles. The molecule has 0 aliphatic heterocycles. The molecule has 2 aromatic rings. The lowest BCUT2D eigenvalue weighted by Gasteiger charge is -2.20. The predicted octanol–water partition coefficient (Wildman–Crippen LogP) is 4.34. The number of pyridine rings is 1. The molecule has 1 heterocycles. The first-order valence-corrected chi connectivity index (χ1v) is 7.08. The predicted molar refractivity (Wildman–Crippen MR) is 78.9 cm³/mol. The van der Waals surface area contributed by atoms with E-state index in [4.69, 9.17) is 11.6 Å². The summed E-state index contributed by atoms with van der Waals surface area (Å²) in [4.78, 5) is 3.78. The molecule has 0 saturated carbocycles. The quantitative estimate of drug-likeness (QED) is 0.893. The molecule has 1 atom stereocenters. The van der Waals surface area contributed by atoms with E-state index >= 15 is 0 Å². The summed E-state index contributed by atoms with van der Waals surface area (Å²) in [5, 5.41) is 3.92. The Labute approximate surface area is 125 Å². The molecule has 5 heteroatoms. The topological polar surface area (TPSA) is 24.9 Å². The van der Waals surface area contributed by atoms with Gasteiger partial charge in [0.25, 0.3) is 0 Å². The summed E-state index contributed by atoms with van der Waals surface area (Å²) >= 11 is 9.42. The second-order valence-electron chi connectivity index (χ2n) is 4.05. The van der Waals surface area contributed by atoms with E-state index in [0.29, 0.717) is 10.6 Å². The van der Waals surface area contributed by atoms with Crippen LogP contribution in [0.5, 0.6) is 0 Å². The molecule has 0 saturated heterocycles. The van der Waals surface area contributed by atoms with Crippen molar-refractivity contribution in [2.75, 3.05) is 6.54 Å². The van der Waals surface area contributed by atoms with Crippen molar-refractivity contribution in [2.24, 2.45) is 0 Å². The fourth-order valence-electron chi connectivity index (χ4n) is 1.95. The minimum absolute atomic E-state index is 0.236. The van der Waals surface area contributed by atoms with Gasteiger partial charge in [0.1, 0.15) is 5.82 Å². The Balaban J connectivity index is 2.48. The number of benzene rings is 1. The van der Waals surface area contributed by atoms with E-state index in [0.717, 1.165) is 16.6 Å². The average Bonchev–Trinajstić information content (AvgIpc) is 2.38. The third-order valence-electron chi connectivity index (χ3n) is 2.80. The van der Waals surface area contributed by atoms with Crippen LogP contribution in [0.3, 0.4) is 0 Å². The largest absolute Gasteiger partial charge is 0.306 e. The minimum Gasteiger partial charge on any atom is -0.306 e. The van der Waals surface area contributed by atoms with E-state index in [9.17, 15) is 4.39 Å². The maximum absolute atomic E-state index is 13.9. The number of hydrogen-bond donors (Lipinski definition) is 1. The Morgan fingerprint density at radius 2 is 2.16 bits per heavy atom. The number of aromatic nitrogens is 1. The van der Waals surface area contributed by atoms with Gasteiger partial charge in [0.15, 0.2) is 0 Å². The number of nitrogens with zero attached hydrogens (tertiary/aromatic N) is 1. The van der Waals surface area contributed by atoms with Crippen molar-refractivity contribution in [3.05, 3.63) is 63.1 Å². The summed E-state index contributed by atoms with van der Waals surface area (Å²) in [6.07, 6.45) is 2.82. The Hall–Kier alpha value is -0.970. The van der Waals surface area contributed by atoms with Crippen LogP contribution in [0, 0.1) is 5.82 Å². The van der Waals surface area contributed by atoms with Gasteiger partial charge in [-0.1, -0.05) is 40.5 Å². The van der Waals surface area contributed by atoms with E-state index in [2.05, 4.69) is 26.2 Å². The van der Waals surface area contributed by atoms with Crippen molar-refractivity contribution in [1.29, 1.82) is 0 Å². The fraction of sp³-hybridized carbons (Fsp3) is 0.214. The van der Waals surface area contributed by atoms with Gasteiger partial charge in [-0.15, -0.1) is 0 Å². The highest BCUT2D eigenvalue weighted by atomic mass is 79.9. The Morgan fingerprint density at radius 1 is 1.37 bits per heavy atom. The van der Waals surface area contributed by atoms with E-state index in [1.165, 1.54) is 6.20 Å². The summed E-state index contributed by atoms with van der Waals surface area (Å²) in [5.41, 5.74) is 1.51. The molecule has 2 rings (SSSR count). The van der Waals surface area contributed by atoms with Gasteiger partial charge in [-0.2, -0.15) is 0 Å². The third kappa shape index (κ3) is 3.32. The zero-order valence-corrected chi connectivity index (χ0v) is 12.7. The Morgan fingerprint density at radius 3 is 2.79 bits per heavy atom. The summed E-state index contributed by atoms with van der Waals surface area (Å²) in [6.45, 7) is 2.71. The van der Waals surface area contributed by atoms with Crippen LogP contribution in [0.1, 0.15) is 24.1 Å². The second-order valence-corrected chi connectivity index (χ2v) is 5.34. The van der Waals surface area contributed by atoms with Gasteiger partial charge in [-0.05, 0) is 30.3 Å². The van der Waals surface area contributed by atoms with Crippen molar-refractivity contribution in [3.8, 4) is 0 Å². The summed E-state index contributed by atoms with van der Waals surface area (Å²) in [6, 6.07) is 6.94. The lowest BCUT2D eigenvalue weighted by atomic mass is 9.99. The molecule has 1 unspecified atom stereocenters.